The Labute approximate surface area is 126 Å². The van der Waals surface area contributed by atoms with E-state index < -0.39 is 0 Å². The maximum absolute atomic E-state index is 6.41. The Bertz CT molecular complexity index is 529. The predicted molar refractivity (Wildman–Crippen MR) is 82.6 cm³/mol. The average Bonchev–Trinajstić information content (AvgIpc) is 2.26. The highest BCUT2D eigenvalue weighted by atomic mass is 35.5. The van der Waals surface area contributed by atoms with Crippen molar-refractivity contribution >= 4 is 11.6 Å². The first-order valence-corrected chi connectivity index (χ1v) is 8.04. The highest BCUT2D eigenvalue weighted by Crippen LogP contribution is 2.51. The molecule has 20 heavy (non-hydrogen) atoms. The van der Waals surface area contributed by atoms with E-state index in [-0.39, 0.29) is 11.0 Å². The molecule has 0 amide bonds. The molecular weight excluding hydrogens is 270 g/mol. The van der Waals surface area contributed by atoms with E-state index in [0.29, 0.717) is 11.1 Å². The van der Waals surface area contributed by atoms with Gasteiger partial charge in [-0.1, -0.05) is 39.3 Å². The molecule has 0 N–H and O–H groups in total. The molecule has 0 radical (unpaired) electrons. The first kappa shape index (κ1) is 14.2. The standard InChI is InChI=1S/C17H24ClNO/c1-11-9-17(6-5-7-17)20-14-13(11)8-12(19-15(14)18)10-16(2,3)4/h8,11H,5-7,9-10H2,1-4H3/t11-/m0/s1. The summed E-state index contributed by atoms with van der Waals surface area (Å²) in [6.07, 6.45) is 5.66. The molecule has 110 valence electrons. The Hall–Kier alpha value is -0.760. The topological polar surface area (TPSA) is 22.1 Å². The van der Waals surface area contributed by atoms with Crippen LogP contribution in [0.15, 0.2) is 6.07 Å². The van der Waals surface area contributed by atoms with Gasteiger partial charge in [-0.15, -0.1) is 0 Å². The summed E-state index contributed by atoms with van der Waals surface area (Å²) in [6, 6.07) is 2.21. The molecule has 0 saturated heterocycles. The molecule has 1 atom stereocenters. The van der Waals surface area contributed by atoms with E-state index >= 15 is 0 Å². The molecule has 0 aromatic carbocycles. The minimum Gasteiger partial charge on any atom is -0.484 e. The second-order valence-electron chi connectivity index (χ2n) is 7.80. The number of fused-ring (bicyclic) bond motifs is 1. The average molecular weight is 294 g/mol. The van der Waals surface area contributed by atoms with Gasteiger partial charge in [0.25, 0.3) is 0 Å². The van der Waals surface area contributed by atoms with Gasteiger partial charge in [0.2, 0.25) is 0 Å². The molecule has 2 nitrogen and oxygen atoms in total. The van der Waals surface area contributed by atoms with Gasteiger partial charge in [-0.05, 0) is 49.5 Å². The van der Waals surface area contributed by atoms with E-state index in [4.69, 9.17) is 16.3 Å². The summed E-state index contributed by atoms with van der Waals surface area (Å²) in [5.74, 6) is 1.36. The monoisotopic (exact) mass is 293 g/mol. The summed E-state index contributed by atoms with van der Waals surface area (Å²) in [5.41, 5.74) is 2.62. The lowest BCUT2D eigenvalue weighted by atomic mass is 9.71. The van der Waals surface area contributed by atoms with Crippen LogP contribution in [0.5, 0.6) is 5.75 Å². The van der Waals surface area contributed by atoms with Crippen LogP contribution in [-0.4, -0.2) is 10.6 Å². The lowest BCUT2D eigenvalue weighted by molar-refractivity contribution is -0.0321. The summed E-state index contributed by atoms with van der Waals surface area (Å²) >= 11 is 6.41. The number of rotatable bonds is 1. The molecule has 3 rings (SSSR count). The maximum atomic E-state index is 6.41. The number of halogens is 1. The van der Waals surface area contributed by atoms with Gasteiger partial charge >= 0.3 is 0 Å². The van der Waals surface area contributed by atoms with E-state index in [1.165, 1.54) is 12.0 Å². The number of hydrogen-bond acceptors (Lipinski definition) is 2. The van der Waals surface area contributed by atoms with Crippen LogP contribution in [0.2, 0.25) is 5.15 Å². The zero-order chi connectivity index (χ0) is 14.5. The number of nitrogens with zero attached hydrogens (tertiary/aromatic N) is 1. The van der Waals surface area contributed by atoms with Gasteiger partial charge in [0.15, 0.2) is 10.9 Å². The highest BCUT2D eigenvalue weighted by Gasteiger charge is 2.45. The van der Waals surface area contributed by atoms with Crippen LogP contribution in [0.25, 0.3) is 0 Å². The molecule has 0 unspecified atom stereocenters. The van der Waals surface area contributed by atoms with E-state index in [0.717, 1.165) is 37.1 Å². The molecule has 0 bridgehead atoms. The van der Waals surface area contributed by atoms with Crippen molar-refractivity contribution in [2.24, 2.45) is 5.41 Å². The van der Waals surface area contributed by atoms with E-state index in [2.05, 4.69) is 38.7 Å². The molecule has 2 aliphatic rings. The van der Waals surface area contributed by atoms with Crippen molar-refractivity contribution in [2.45, 2.75) is 71.3 Å². The van der Waals surface area contributed by atoms with Crippen molar-refractivity contribution in [2.75, 3.05) is 0 Å². The van der Waals surface area contributed by atoms with Crippen molar-refractivity contribution in [1.29, 1.82) is 0 Å². The van der Waals surface area contributed by atoms with Gasteiger partial charge in [0, 0.05) is 11.3 Å². The fourth-order valence-electron chi connectivity index (χ4n) is 3.48. The fraction of sp³-hybridized carbons (Fsp3) is 0.706. The molecule has 3 heteroatoms. The lowest BCUT2D eigenvalue weighted by Gasteiger charge is -2.47. The molecule has 1 aliphatic carbocycles. The van der Waals surface area contributed by atoms with Crippen LogP contribution in [0.3, 0.4) is 0 Å². The maximum Gasteiger partial charge on any atom is 0.171 e. The number of pyridine rings is 1. The van der Waals surface area contributed by atoms with Crippen molar-refractivity contribution in [1.82, 2.24) is 4.98 Å². The normalized spacial score (nSPS) is 23.9. The first-order chi connectivity index (χ1) is 9.28. The molecule has 1 fully saturated rings. The summed E-state index contributed by atoms with van der Waals surface area (Å²) in [6.45, 7) is 8.97. The molecule has 2 heterocycles. The molecule has 1 spiro atoms. The van der Waals surface area contributed by atoms with Crippen molar-refractivity contribution in [3.8, 4) is 5.75 Å². The first-order valence-electron chi connectivity index (χ1n) is 7.66. The zero-order valence-corrected chi connectivity index (χ0v) is 13.7. The smallest absolute Gasteiger partial charge is 0.171 e. The Kier molecular flexibility index (Phi) is 3.28. The van der Waals surface area contributed by atoms with Gasteiger partial charge in [-0.25, -0.2) is 4.98 Å². The van der Waals surface area contributed by atoms with Gasteiger partial charge < -0.3 is 4.74 Å². The van der Waals surface area contributed by atoms with E-state index in [9.17, 15) is 0 Å². The third-order valence-corrected chi connectivity index (χ3v) is 4.77. The minimum atomic E-state index is 0.0588. The van der Waals surface area contributed by atoms with Crippen LogP contribution in [0.1, 0.15) is 70.6 Å². The van der Waals surface area contributed by atoms with Crippen LogP contribution in [0, 0.1) is 5.41 Å². The largest absolute Gasteiger partial charge is 0.484 e. The van der Waals surface area contributed by atoms with E-state index in [1.54, 1.807) is 0 Å². The van der Waals surface area contributed by atoms with Gasteiger partial charge in [0.1, 0.15) is 5.60 Å². The number of ether oxygens (including phenoxy) is 1. The van der Waals surface area contributed by atoms with Crippen molar-refractivity contribution in [3.63, 3.8) is 0 Å². The molecular formula is C17H24ClNO. The minimum absolute atomic E-state index is 0.0588. The zero-order valence-electron chi connectivity index (χ0n) is 12.9. The Balaban J connectivity index is 1.96. The summed E-state index contributed by atoms with van der Waals surface area (Å²) in [5, 5.41) is 0.555. The third-order valence-electron chi connectivity index (χ3n) is 4.52. The molecule has 1 saturated carbocycles. The molecule has 1 aromatic rings. The quantitative estimate of drug-likeness (QED) is 0.670. The molecule has 1 aliphatic heterocycles. The lowest BCUT2D eigenvalue weighted by Crippen LogP contribution is -2.46. The van der Waals surface area contributed by atoms with E-state index in [1.807, 2.05) is 0 Å². The van der Waals surface area contributed by atoms with Crippen LogP contribution in [-0.2, 0) is 6.42 Å². The van der Waals surface area contributed by atoms with Gasteiger partial charge in [-0.3, -0.25) is 0 Å². The fourth-order valence-corrected chi connectivity index (χ4v) is 3.73. The SMILES string of the molecule is C[C@H]1CC2(CCC2)Oc2c1cc(CC(C)(C)C)nc2Cl. The second-order valence-corrected chi connectivity index (χ2v) is 8.16. The summed E-state index contributed by atoms with van der Waals surface area (Å²) < 4.78 is 6.25. The highest BCUT2D eigenvalue weighted by molar-refractivity contribution is 6.31. The molecule has 1 aromatic heterocycles. The summed E-state index contributed by atoms with van der Waals surface area (Å²) in [7, 11) is 0. The third kappa shape index (κ3) is 2.55. The summed E-state index contributed by atoms with van der Waals surface area (Å²) in [4.78, 5) is 4.57. The van der Waals surface area contributed by atoms with Crippen LogP contribution in [0.4, 0.5) is 0 Å². The van der Waals surface area contributed by atoms with Crippen LogP contribution < -0.4 is 4.74 Å². The van der Waals surface area contributed by atoms with Crippen molar-refractivity contribution in [3.05, 3.63) is 22.5 Å². The van der Waals surface area contributed by atoms with Crippen LogP contribution >= 0.6 is 11.6 Å². The number of aromatic nitrogens is 1. The Morgan fingerprint density at radius 2 is 2.10 bits per heavy atom. The second kappa shape index (κ2) is 4.62. The van der Waals surface area contributed by atoms with Gasteiger partial charge in [-0.2, -0.15) is 0 Å². The van der Waals surface area contributed by atoms with Gasteiger partial charge in [0.05, 0.1) is 0 Å². The van der Waals surface area contributed by atoms with Crippen molar-refractivity contribution < 1.29 is 4.74 Å². The predicted octanol–water partition coefficient (Wildman–Crippen LogP) is 5.13. The Morgan fingerprint density at radius 3 is 2.65 bits per heavy atom. The Morgan fingerprint density at radius 1 is 1.40 bits per heavy atom. The number of hydrogen-bond donors (Lipinski definition) is 0.